The van der Waals surface area contributed by atoms with E-state index in [-0.39, 0.29) is 56.8 Å². The van der Waals surface area contributed by atoms with Gasteiger partial charge in [0.15, 0.2) is 0 Å². The van der Waals surface area contributed by atoms with Crippen molar-refractivity contribution in [3.8, 4) is 22.3 Å². The summed E-state index contributed by atoms with van der Waals surface area (Å²) >= 11 is 0. The molecule has 0 fully saturated rings. The van der Waals surface area contributed by atoms with Crippen LogP contribution in [0, 0.1) is 0 Å². The number of hydrogen-bond donors (Lipinski definition) is 0. The Kier molecular flexibility index (Phi) is 3.75. The molecule has 12 aromatic rings. The lowest BCUT2D eigenvalue weighted by Gasteiger charge is -2.18. The Hall–Kier alpha value is -6.78. The number of hydrogen-bond acceptors (Lipinski definition) is 4. The first kappa shape index (κ1) is 19.9. The van der Waals surface area contributed by atoms with E-state index in [1.54, 1.807) is 30.5 Å². The molecule has 50 heavy (non-hydrogen) atoms. The zero-order chi connectivity index (χ0) is 39.5. The second kappa shape index (κ2) is 9.43. The van der Waals surface area contributed by atoms with Crippen LogP contribution in [0.2, 0.25) is 0 Å². The largest absolute Gasteiger partial charge is 0.464 e. The van der Waals surface area contributed by atoms with Gasteiger partial charge >= 0.3 is 0 Å². The molecule has 0 saturated heterocycles. The number of furan rings is 4. The Labute approximate surface area is 294 Å². The SMILES string of the molecule is [2H]c1c([2H])c([2H])c2c(-c3ccc4oc5ccc6oc7ccccc7c6c5c4c3)c3c([2H])c([2H])c([2H])c([2H])c3c(-c3ccc4oc5cc6ccoc6cc5c4c3)c2c1[2H]. The van der Waals surface area contributed by atoms with Crippen molar-refractivity contribution in [2.45, 2.75) is 0 Å². The molecule has 0 aliphatic heterocycles. The van der Waals surface area contributed by atoms with E-state index in [1.807, 2.05) is 66.7 Å². The van der Waals surface area contributed by atoms with Crippen LogP contribution in [0.15, 0.2) is 163 Å². The fourth-order valence-corrected chi connectivity index (χ4v) is 7.83. The van der Waals surface area contributed by atoms with Gasteiger partial charge in [-0.2, -0.15) is 0 Å². The molecule has 0 N–H and O–H groups in total. The summed E-state index contributed by atoms with van der Waals surface area (Å²) in [6.45, 7) is 0. The lowest BCUT2D eigenvalue weighted by Crippen LogP contribution is -1.90. The van der Waals surface area contributed by atoms with Crippen molar-refractivity contribution in [1.29, 1.82) is 0 Å². The monoisotopic (exact) mass is 648 g/mol. The van der Waals surface area contributed by atoms with Crippen LogP contribution in [0.25, 0.3) is 121 Å². The van der Waals surface area contributed by atoms with Crippen LogP contribution in [-0.2, 0) is 0 Å². The zero-order valence-electron chi connectivity index (χ0n) is 33.9. The topological polar surface area (TPSA) is 52.6 Å². The molecule has 4 heterocycles. The van der Waals surface area contributed by atoms with Crippen molar-refractivity contribution in [1.82, 2.24) is 0 Å². The van der Waals surface area contributed by atoms with Gasteiger partial charge in [-0.05, 0) is 104 Å². The first-order valence-electron chi connectivity index (χ1n) is 20.2. The van der Waals surface area contributed by atoms with Gasteiger partial charge in [0.05, 0.1) is 17.2 Å². The van der Waals surface area contributed by atoms with Crippen molar-refractivity contribution in [2.75, 3.05) is 0 Å². The van der Waals surface area contributed by atoms with Gasteiger partial charge in [-0.15, -0.1) is 0 Å². The van der Waals surface area contributed by atoms with Crippen molar-refractivity contribution >= 4 is 98.3 Å². The van der Waals surface area contributed by atoms with Gasteiger partial charge in [0.25, 0.3) is 0 Å². The molecule has 0 aliphatic carbocycles. The Bertz CT molecular complexity index is 3770. The van der Waals surface area contributed by atoms with E-state index in [4.69, 9.17) is 23.2 Å². The predicted octanol–water partition coefficient (Wildman–Crippen LogP) is 13.8. The van der Waals surface area contributed by atoms with E-state index in [0.29, 0.717) is 61.0 Å². The lowest BCUT2D eigenvalue weighted by molar-refractivity contribution is 0.616. The van der Waals surface area contributed by atoms with Crippen LogP contribution in [-0.4, -0.2) is 0 Å². The van der Waals surface area contributed by atoms with E-state index < -0.39 is 24.2 Å². The summed E-state index contributed by atoms with van der Waals surface area (Å²) in [7, 11) is 0. The predicted molar refractivity (Wildman–Crippen MR) is 204 cm³/mol. The van der Waals surface area contributed by atoms with Gasteiger partial charge in [0, 0.05) is 37.7 Å². The van der Waals surface area contributed by atoms with Crippen molar-refractivity contribution < 1.29 is 28.6 Å². The molecule has 0 saturated carbocycles. The molecule has 8 aromatic carbocycles. The summed E-state index contributed by atoms with van der Waals surface area (Å²) in [6, 6.07) is 24.7. The fraction of sp³-hybridized carbons (Fsp3) is 0. The molecular formula is C46H24O4. The summed E-state index contributed by atoms with van der Waals surface area (Å²) in [5, 5.41) is 6.08. The summed E-state index contributed by atoms with van der Waals surface area (Å²) < 4.78 is 97.8. The van der Waals surface area contributed by atoms with Gasteiger partial charge in [-0.25, -0.2) is 0 Å². The molecule has 0 spiro atoms. The van der Waals surface area contributed by atoms with Crippen LogP contribution in [0.4, 0.5) is 0 Å². The van der Waals surface area contributed by atoms with Crippen LogP contribution < -0.4 is 0 Å². The third-order valence-electron chi connectivity index (χ3n) is 9.97. The van der Waals surface area contributed by atoms with Crippen LogP contribution in [0.3, 0.4) is 0 Å². The Morgan fingerprint density at radius 1 is 0.380 bits per heavy atom. The fourth-order valence-electron chi connectivity index (χ4n) is 7.83. The van der Waals surface area contributed by atoms with Gasteiger partial charge in [-0.3, -0.25) is 0 Å². The van der Waals surface area contributed by atoms with E-state index in [2.05, 4.69) is 0 Å². The standard InChI is InChI=1S/C46H24O4/c1-3-9-30-28(7-1)43(26-13-15-37-33(21-26)34-24-41-25(19-20-47-41)23-42(34)50-37)29-8-2-4-10-31(29)44(30)27-14-16-38-35(22-27)46-40(49-38)18-17-39-45(46)32-11-5-6-12-36(32)48-39/h1-24H/i1D,2D,3D,4D,7D,8D,9D,10D. The molecule has 12 rings (SSSR count). The van der Waals surface area contributed by atoms with Crippen LogP contribution >= 0.6 is 0 Å². The highest BCUT2D eigenvalue weighted by molar-refractivity contribution is 6.27. The maximum absolute atomic E-state index is 9.45. The molecule has 4 nitrogen and oxygen atoms in total. The minimum absolute atomic E-state index is 0.124. The second-order valence-electron chi connectivity index (χ2n) is 12.6. The summed E-state index contributed by atoms with van der Waals surface area (Å²) in [4.78, 5) is 0. The van der Waals surface area contributed by atoms with Crippen LogP contribution in [0.5, 0.6) is 0 Å². The Morgan fingerprint density at radius 2 is 0.900 bits per heavy atom. The molecule has 232 valence electrons. The molecule has 4 heteroatoms. The van der Waals surface area contributed by atoms with E-state index in [1.165, 1.54) is 0 Å². The van der Waals surface area contributed by atoms with Gasteiger partial charge in [-0.1, -0.05) is 78.7 Å². The van der Waals surface area contributed by atoms with Crippen LogP contribution in [0.1, 0.15) is 11.0 Å². The average molecular weight is 649 g/mol. The second-order valence-corrected chi connectivity index (χ2v) is 12.6. The molecule has 0 atom stereocenters. The maximum Gasteiger partial charge on any atom is 0.136 e. The third kappa shape index (κ3) is 3.44. The van der Waals surface area contributed by atoms with Crippen molar-refractivity contribution in [3.05, 3.63) is 146 Å². The highest BCUT2D eigenvalue weighted by atomic mass is 16.3. The van der Waals surface area contributed by atoms with Gasteiger partial charge in [0.1, 0.15) is 39.1 Å². The van der Waals surface area contributed by atoms with Gasteiger partial charge < -0.3 is 17.7 Å². The van der Waals surface area contributed by atoms with Gasteiger partial charge in [0.2, 0.25) is 0 Å². The molecule has 0 amide bonds. The van der Waals surface area contributed by atoms with E-state index in [0.717, 1.165) is 26.9 Å². The summed E-state index contributed by atoms with van der Waals surface area (Å²) in [5.41, 5.74) is 5.90. The molecule has 0 radical (unpaired) electrons. The first-order chi connectivity index (χ1) is 28.1. The molecule has 0 unspecified atom stereocenters. The average Bonchev–Trinajstić information content (AvgIpc) is 4.03. The highest BCUT2D eigenvalue weighted by Gasteiger charge is 2.21. The summed E-state index contributed by atoms with van der Waals surface area (Å²) in [5.74, 6) is 0. The summed E-state index contributed by atoms with van der Waals surface area (Å²) in [6.07, 6.45) is 1.60. The zero-order valence-corrected chi connectivity index (χ0v) is 25.9. The molecule has 0 bridgehead atoms. The lowest BCUT2D eigenvalue weighted by atomic mass is 9.85. The Balaban J connectivity index is 1.26. The molecule has 4 aromatic heterocycles. The Morgan fingerprint density at radius 3 is 1.58 bits per heavy atom. The van der Waals surface area contributed by atoms with Crippen molar-refractivity contribution in [3.63, 3.8) is 0 Å². The highest BCUT2D eigenvalue weighted by Crippen LogP contribution is 2.47. The minimum Gasteiger partial charge on any atom is -0.464 e. The normalized spacial score (nSPS) is 14.6. The maximum atomic E-state index is 9.45. The smallest absolute Gasteiger partial charge is 0.136 e. The van der Waals surface area contributed by atoms with E-state index >= 15 is 0 Å². The first-order valence-corrected chi connectivity index (χ1v) is 16.2. The minimum atomic E-state index is -0.468. The molecule has 0 aliphatic rings. The quantitative estimate of drug-likeness (QED) is 0.175. The van der Waals surface area contributed by atoms with E-state index in [9.17, 15) is 5.48 Å². The number of benzene rings is 8. The third-order valence-corrected chi connectivity index (χ3v) is 9.97. The number of fused-ring (bicyclic) bond motifs is 13. The number of rotatable bonds is 2. The number of para-hydroxylation sites is 1. The molecular weight excluding hydrogens is 617 g/mol. The van der Waals surface area contributed by atoms with Crippen molar-refractivity contribution in [2.24, 2.45) is 0 Å².